The van der Waals surface area contributed by atoms with Gasteiger partial charge in [0, 0.05) is 28.6 Å². The Bertz CT molecular complexity index is 1250. The molecule has 1 amide bonds. The number of hydrogen-bond donors (Lipinski definition) is 2. The minimum atomic E-state index is -0.560. The Labute approximate surface area is 181 Å². The van der Waals surface area contributed by atoms with Crippen molar-refractivity contribution in [2.45, 2.75) is 0 Å². The van der Waals surface area contributed by atoms with E-state index in [1.54, 1.807) is 42.5 Å². The largest absolute Gasteiger partial charge is 0.340 e. The minimum Gasteiger partial charge on any atom is -0.340 e. The number of rotatable bonds is 5. The van der Waals surface area contributed by atoms with Crippen molar-refractivity contribution in [2.24, 2.45) is 0 Å². The number of aromatic nitrogens is 2. The molecular formula is C23H15ClF2N4O. The van der Waals surface area contributed by atoms with Crippen LogP contribution in [0.5, 0.6) is 0 Å². The van der Waals surface area contributed by atoms with Crippen molar-refractivity contribution in [1.29, 1.82) is 0 Å². The highest BCUT2D eigenvalue weighted by Gasteiger charge is 2.09. The van der Waals surface area contributed by atoms with E-state index in [9.17, 15) is 13.6 Å². The maximum atomic E-state index is 13.3. The van der Waals surface area contributed by atoms with Crippen LogP contribution in [0.15, 0.2) is 79.1 Å². The third kappa shape index (κ3) is 5.02. The van der Waals surface area contributed by atoms with Crippen LogP contribution in [0.3, 0.4) is 0 Å². The molecule has 0 radical (unpaired) electrons. The highest BCUT2D eigenvalue weighted by atomic mass is 35.5. The van der Waals surface area contributed by atoms with Crippen LogP contribution in [0.25, 0.3) is 11.3 Å². The van der Waals surface area contributed by atoms with Crippen molar-refractivity contribution < 1.29 is 13.6 Å². The molecule has 5 nitrogen and oxygen atoms in total. The van der Waals surface area contributed by atoms with Gasteiger partial charge < -0.3 is 10.6 Å². The zero-order chi connectivity index (χ0) is 21.8. The predicted octanol–water partition coefficient (Wildman–Crippen LogP) is 6.07. The van der Waals surface area contributed by atoms with E-state index in [0.29, 0.717) is 28.5 Å². The molecule has 0 atom stereocenters. The SMILES string of the molecule is O=C(Nc1ccc(F)c(Cl)c1)c1cccc(Nc2cc(-c3ccc(F)cc3)ncn2)c1. The number of nitrogens with one attached hydrogen (secondary N) is 2. The van der Waals surface area contributed by atoms with Crippen LogP contribution in [0.2, 0.25) is 5.02 Å². The molecule has 4 rings (SSSR count). The minimum absolute atomic E-state index is 0.0751. The first-order valence-corrected chi connectivity index (χ1v) is 9.57. The number of amides is 1. The monoisotopic (exact) mass is 436 g/mol. The molecule has 4 aromatic rings. The van der Waals surface area contributed by atoms with Crippen LogP contribution < -0.4 is 10.6 Å². The fraction of sp³-hybridized carbons (Fsp3) is 0. The second-order valence-electron chi connectivity index (χ2n) is 6.58. The normalized spacial score (nSPS) is 10.5. The molecule has 0 fully saturated rings. The maximum Gasteiger partial charge on any atom is 0.255 e. The summed E-state index contributed by atoms with van der Waals surface area (Å²) in [5, 5.41) is 5.73. The van der Waals surface area contributed by atoms with Crippen LogP contribution >= 0.6 is 11.6 Å². The molecule has 0 bridgehead atoms. The number of anilines is 3. The lowest BCUT2D eigenvalue weighted by molar-refractivity contribution is 0.102. The van der Waals surface area contributed by atoms with E-state index >= 15 is 0 Å². The Hall–Kier alpha value is -3.84. The molecule has 0 spiro atoms. The summed E-state index contributed by atoms with van der Waals surface area (Å²) in [5.41, 5.74) is 2.78. The van der Waals surface area contributed by atoms with Crippen molar-refractivity contribution >= 4 is 34.7 Å². The molecule has 0 saturated carbocycles. The first-order valence-electron chi connectivity index (χ1n) is 9.19. The van der Waals surface area contributed by atoms with Crippen LogP contribution in [0.4, 0.5) is 26.0 Å². The second kappa shape index (κ2) is 8.89. The number of benzene rings is 3. The first-order chi connectivity index (χ1) is 15.0. The summed E-state index contributed by atoms with van der Waals surface area (Å²) in [4.78, 5) is 21.0. The van der Waals surface area contributed by atoms with E-state index in [0.717, 1.165) is 5.56 Å². The lowest BCUT2D eigenvalue weighted by atomic mass is 10.1. The number of nitrogens with zero attached hydrogens (tertiary/aromatic N) is 2. The Morgan fingerprint density at radius 2 is 1.68 bits per heavy atom. The Kier molecular flexibility index (Phi) is 5.86. The summed E-state index contributed by atoms with van der Waals surface area (Å²) in [5.74, 6) is -0.747. The summed E-state index contributed by atoms with van der Waals surface area (Å²) in [7, 11) is 0. The van der Waals surface area contributed by atoms with Gasteiger partial charge in [0.25, 0.3) is 5.91 Å². The fourth-order valence-electron chi connectivity index (χ4n) is 2.87. The predicted molar refractivity (Wildman–Crippen MR) is 117 cm³/mol. The first kappa shape index (κ1) is 20.4. The van der Waals surface area contributed by atoms with Crippen LogP contribution in [0.1, 0.15) is 10.4 Å². The highest BCUT2D eigenvalue weighted by Crippen LogP contribution is 2.23. The van der Waals surface area contributed by atoms with Gasteiger partial charge in [-0.25, -0.2) is 18.7 Å². The summed E-state index contributed by atoms with van der Waals surface area (Å²) < 4.78 is 26.4. The van der Waals surface area contributed by atoms with Gasteiger partial charge in [-0.15, -0.1) is 0 Å². The quantitative estimate of drug-likeness (QED) is 0.398. The van der Waals surface area contributed by atoms with Crippen molar-refractivity contribution in [3.05, 3.63) is 101 Å². The molecule has 0 aliphatic carbocycles. The highest BCUT2D eigenvalue weighted by molar-refractivity contribution is 6.31. The third-order valence-corrected chi connectivity index (χ3v) is 4.67. The van der Waals surface area contributed by atoms with Crippen molar-refractivity contribution in [3.63, 3.8) is 0 Å². The summed E-state index contributed by atoms with van der Waals surface area (Å²) in [6, 6.07) is 18.5. The van der Waals surface area contributed by atoms with E-state index in [2.05, 4.69) is 20.6 Å². The number of hydrogen-bond acceptors (Lipinski definition) is 4. The van der Waals surface area contributed by atoms with Gasteiger partial charge in [-0.05, 0) is 60.7 Å². The smallest absolute Gasteiger partial charge is 0.255 e. The third-order valence-electron chi connectivity index (χ3n) is 4.38. The Morgan fingerprint density at radius 1 is 0.871 bits per heavy atom. The number of carbonyl (C=O) groups is 1. The van der Waals surface area contributed by atoms with Crippen LogP contribution in [-0.2, 0) is 0 Å². The van der Waals surface area contributed by atoms with Crippen molar-refractivity contribution in [2.75, 3.05) is 10.6 Å². The van der Waals surface area contributed by atoms with Gasteiger partial charge in [0.1, 0.15) is 23.8 Å². The molecule has 0 unspecified atom stereocenters. The molecule has 2 N–H and O–H groups in total. The standard InChI is InChI=1S/C23H15ClF2N4O/c24-19-11-18(8-9-20(19)26)30-23(31)15-2-1-3-17(10-15)29-22-12-21(27-13-28-22)14-4-6-16(25)7-5-14/h1-13H,(H,30,31)(H,27,28,29). The van der Waals surface area contributed by atoms with Crippen molar-refractivity contribution in [1.82, 2.24) is 9.97 Å². The van der Waals surface area contributed by atoms with Gasteiger partial charge in [0.2, 0.25) is 0 Å². The zero-order valence-corrected chi connectivity index (χ0v) is 16.7. The van der Waals surface area contributed by atoms with Crippen LogP contribution in [-0.4, -0.2) is 15.9 Å². The summed E-state index contributed by atoms with van der Waals surface area (Å²) >= 11 is 5.76. The van der Waals surface area contributed by atoms with Gasteiger partial charge in [0.05, 0.1) is 10.7 Å². The van der Waals surface area contributed by atoms with E-state index in [-0.39, 0.29) is 16.7 Å². The van der Waals surface area contributed by atoms with Crippen LogP contribution in [0, 0.1) is 11.6 Å². The molecule has 3 aromatic carbocycles. The second-order valence-corrected chi connectivity index (χ2v) is 6.99. The molecular weight excluding hydrogens is 422 g/mol. The zero-order valence-electron chi connectivity index (χ0n) is 15.9. The lowest BCUT2D eigenvalue weighted by Gasteiger charge is -2.10. The van der Waals surface area contributed by atoms with Gasteiger partial charge >= 0.3 is 0 Å². The average Bonchev–Trinajstić information content (AvgIpc) is 2.77. The molecule has 0 saturated heterocycles. The molecule has 1 aromatic heterocycles. The summed E-state index contributed by atoms with van der Waals surface area (Å²) in [6.07, 6.45) is 1.40. The molecule has 31 heavy (non-hydrogen) atoms. The Balaban J connectivity index is 1.51. The van der Waals surface area contributed by atoms with E-state index in [4.69, 9.17) is 11.6 Å². The fourth-order valence-corrected chi connectivity index (χ4v) is 3.05. The molecule has 0 aliphatic rings. The molecule has 0 aliphatic heterocycles. The van der Waals surface area contributed by atoms with Gasteiger partial charge in [-0.1, -0.05) is 17.7 Å². The average molecular weight is 437 g/mol. The van der Waals surface area contributed by atoms with E-state index in [1.165, 1.54) is 36.7 Å². The van der Waals surface area contributed by atoms with Gasteiger partial charge in [0.15, 0.2) is 0 Å². The number of carbonyl (C=O) groups excluding carboxylic acids is 1. The van der Waals surface area contributed by atoms with E-state index in [1.807, 2.05) is 0 Å². The Morgan fingerprint density at radius 3 is 2.45 bits per heavy atom. The van der Waals surface area contributed by atoms with E-state index < -0.39 is 5.82 Å². The lowest BCUT2D eigenvalue weighted by Crippen LogP contribution is -2.12. The van der Waals surface area contributed by atoms with Gasteiger partial charge in [-0.3, -0.25) is 4.79 Å². The molecule has 8 heteroatoms. The molecule has 1 heterocycles. The maximum absolute atomic E-state index is 13.3. The number of halogens is 3. The van der Waals surface area contributed by atoms with Crippen molar-refractivity contribution in [3.8, 4) is 11.3 Å². The van der Waals surface area contributed by atoms with Gasteiger partial charge in [-0.2, -0.15) is 0 Å². The summed E-state index contributed by atoms with van der Waals surface area (Å²) in [6.45, 7) is 0. The topological polar surface area (TPSA) is 66.9 Å². The molecule has 154 valence electrons.